The average Bonchev–Trinajstić information content (AvgIpc) is 3.60. The van der Waals surface area contributed by atoms with Crippen molar-refractivity contribution in [1.82, 2.24) is 30.8 Å². The third-order valence-corrected chi connectivity index (χ3v) is 8.14. The van der Waals surface area contributed by atoms with Crippen LogP contribution in [0.15, 0.2) is 115 Å². The van der Waals surface area contributed by atoms with Crippen LogP contribution in [0, 0.1) is 0 Å². The molecule has 0 aliphatic carbocycles. The summed E-state index contributed by atoms with van der Waals surface area (Å²) in [7, 11) is 0. The Balaban J connectivity index is 1.22. The number of halogens is 1. The average molecular weight is 578 g/mol. The van der Waals surface area contributed by atoms with E-state index in [9.17, 15) is 0 Å². The number of nitrogens with one attached hydrogen (secondary N) is 4. The number of hydrogen-bond acceptors (Lipinski definition) is 7. The predicted octanol–water partition coefficient (Wildman–Crippen LogP) is 7.60. The largest absolute Gasteiger partial charge is 0.379 e. The Morgan fingerprint density at radius 1 is 1.05 bits per heavy atom. The summed E-state index contributed by atoms with van der Waals surface area (Å²) < 4.78 is 0.765. The van der Waals surface area contributed by atoms with E-state index in [0.29, 0.717) is 11.4 Å². The summed E-state index contributed by atoms with van der Waals surface area (Å²) in [6.45, 7) is 10.6. The van der Waals surface area contributed by atoms with Crippen LogP contribution in [-0.4, -0.2) is 20.2 Å². The fraction of sp³-hybridized carbons (Fsp3) is 0.0938. The molecule has 7 nitrogen and oxygen atoms in total. The maximum Gasteiger partial charge on any atom is 0.134 e. The first-order valence-corrected chi connectivity index (χ1v) is 14.3. The quantitative estimate of drug-likeness (QED) is 0.144. The number of hydrogen-bond donors (Lipinski definition) is 4. The zero-order valence-electron chi connectivity index (χ0n) is 22.4. The lowest BCUT2D eigenvalue weighted by Gasteiger charge is -2.24. The highest BCUT2D eigenvalue weighted by atomic mass is 35.5. The van der Waals surface area contributed by atoms with Crippen molar-refractivity contribution in [1.29, 1.82) is 0 Å². The van der Waals surface area contributed by atoms with Crippen molar-refractivity contribution >= 4 is 45.4 Å². The minimum Gasteiger partial charge on any atom is -0.379 e. The number of rotatable bonds is 9. The van der Waals surface area contributed by atoms with Crippen LogP contribution < -0.4 is 16.0 Å². The summed E-state index contributed by atoms with van der Waals surface area (Å²) >= 11 is 7.75. The van der Waals surface area contributed by atoms with Crippen LogP contribution in [0.2, 0.25) is 4.34 Å². The van der Waals surface area contributed by atoms with Crippen molar-refractivity contribution in [3.05, 3.63) is 136 Å². The third kappa shape index (κ3) is 5.79. The van der Waals surface area contributed by atoms with E-state index in [-0.39, 0.29) is 6.04 Å². The summed E-state index contributed by atoms with van der Waals surface area (Å²) in [5, 5.41) is 17.9. The van der Waals surface area contributed by atoms with Crippen molar-refractivity contribution in [2.24, 2.45) is 0 Å². The molecule has 204 valence electrons. The van der Waals surface area contributed by atoms with Crippen molar-refractivity contribution in [2.75, 3.05) is 5.32 Å². The summed E-state index contributed by atoms with van der Waals surface area (Å²) in [5.41, 5.74) is 9.53. The maximum absolute atomic E-state index is 6.19. The van der Waals surface area contributed by atoms with Gasteiger partial charge in [-0.3, -0.25) is 10.1 Å². The van der Waals surface area contributed by atoms with E-state index in [1.54, 1.807) is 23.7 Å². The molecule has 41 heavy (non-hydrogen) atoms. The van der Waals surface area contributed by atoms with Crippen LogP contribution in [-0.2, 0) is 6.42 Å². The molecule has 0 saturated carbocycles. The van der Waals surface area contributed by atoms with Crippen molar-refractivity contribution in [3.8, 4) is 11.3 Å². The second kappa shape index (κ2) is 11.4. The van der Waals surface area contributed by atoms with Crippen LogP contribution in [0.3, 0.4) is 0 Å². The summed E-state index contributed by atoms with van der Waals surface area (Å²) in [6, 6.07) is 20.2. The molecule has 4 aromatic heterocycles. The highest BCUT2D eigenvalue weighted by Crippen LogP contribution is 2.34. The molecule has 0 spiro atoms. The van der Waals surface area contributed by atoms with E-state index >= 15 is 0 Å². The molecule has 5 aromatic rings. The van der Waals surface area contributed by atoms with Crippen LogP contribution in [0.5, 0.6) is 0 Å². The number of aromatic amines is 1. The number of thiophene rings is 1. The van der Waals surface area contributed by atoms with Gasteiger partial charge in [-0.05, 0) is 60.7 Å². The number of aromatic nitrogens is 4. The maximum atomic E-state index is 6.19. The van der Waals surface area contributed by atoms with E-state index in [0.717, 1.165) is 60.6 Å². The minimum absolute atomic E-state index is 0.0330. The van der Waals surface area contributed by atoms with E-state index in [4.69, 9.17) is 16.6 Å². The van der Waals surface area contributed by atoms with Gasteiger partial charge in [0, 0.05) is 34.5 Å². The van der Waals surface area contributed by atoms with Crippen LogP contribution in [0.25, 0.3) is 28.0 Å². The molecule has 1 aliphatic rings. The van der Waals surface area contributed by atoms with Gasteiger partial charge in [0.05, 0.1) is 39.2 Å². The lowest BCUT2D eigenvalue weighted by atomic mass is 10.0. The number of dihydropyridines is 1. The summed E-state index contributed by atoms with van der Waals surface area (Å²) in [5.74, 6) is 0. The smallest absolute Gasteiger partial charge is 0.134 e. The molecule has 0 radical (unpaired) electrons. The number of H-pyrrole nitrogens is 1. The zero-order chi connectivity index (χ0) is 28.3. The second-order valence-corrected chi connectivity index (χ2v) is 11.5. The summed E-state index contributed by atoms with van der Waals surface area (Å²) in [4.78, 5) is 10.5. The SMILES string of the molecule is C=C(Cc1ccccc1)Nc1cncc(-c2ccc3[nH]nc(C(=C)NC4=C(C)C(c5ccc(Cl)s5)NC=C4)c3n2)c1. The first kappa shape index (κ1) is 26.6. The van der Waals surface area contributed by atoms with Crippen molar-refractivity contribution in [2.45, 2.75) is 19.4 Å². The number of fused-ring (bicyclic) bond motifs is 1. The van der Waals surface area contributed by atoms with Gasteiger partial charge < -0.3 is 16.0 Å². The molecule has 0 saturated heterocycles. The van der Waals surface area contributed by atoms with E-state index < -0.39 is 0 Å². The van der Waals surface area contributed by atoms with E-state index in [1.165, 1.54) is 5.56 Å². The lowest BCUT2D eigenvalue weighted by Crippen LogP contribution is -2.24. The van der Waals surface area contributed by atoms with Crippen LogP contribution in [0.1, 0.15) is 29.1 Å². The van der Waals surface area contributed by atoms with Crippen molar-refractivity contribution in [3.63, 3.8) is 0 Å². The van der Waals surface area contributed by atoms with Gasteiger partial charge in [0.1, 0.15) is 11.2 Å². The minimum atomic E-state index is 0.0330. The van der Waals surface area contributed by atoms with Crippen LogP contribution in [0.4, 0.5) is 5.69 Å². The lowest BCUT2D eigenvalue weighted by molar-refractivity contribution is 0.697. The van der Waals surface area contributed by atoms with Gasteiger partial charge in [-0.15, -0.1) is 11.3 Å². The van der Waals surface area contributed by atoms with Gasteiger partial charge in [-0.25, -0.2) is 4.98 Å². The number of benzene rings is 1. The predicted molar refractivity (Wildman–Crippen MR) is 169 cm³/mol. The van der Waals surface area contributed by atoms with Gasteiger partial charge in [-0.1, -0.05) is 55.1 Å². The van der Waals surface area contributed by atoms with Gasteiger partial charge >= 0.3 is 0 Å². The van der Waals surface area contributed by atoms with Gasteiger partial charge in [0.15, 0.2) is 0 Å². The molecule has 6 rings (SSSR count). The van der Waals surface area contributed by atoms with Crippen LogP contribution >= 0.6 is 22.9 Å². The fourth-order valence-corrected chi connectivity index (χ4v) is 5.98. The Kier molecular flexibility index (Phi) is 7.41. The Morgan fingerprint density at radius 3 is 2.71 bits per heavy atom. The van der Waals surface area contributed by atoms with Gasteiger partial charge in [-0.2, -0.15) is 5.10 Å². The molecule has 0 amide bonds. The van der Waals surface area contributed by atoms with E-state index in [1.807, 2.05) is 60.8 Å². The van der Waals surface area contributed by atoms with Crippen molar-refractivity contribution < 1.29 is 0 Å². The molecule has 4 N–H and O–H groups in total. The number of anilines is 1. The Morgan fingerprint density at radius 2 is 1.90 bits per heavy atom. The van der Waals surface area contributed by atoms with Gasteiger partial charge in [0.25, 0.3) is 0 Å². The first-order valence-electron chi connectivity index (χ1n) is 13.1. The third-order valence-electron chi connectivity index (χ3n) is 6.84. The Hall–Kier alpha value is -4.66. The molecule has 1 atom stereocenters. The Bertz CT molecular complexity index is 1820. The monoisotopic (exact) mass is 577 g/mol. The molecule has 1 aromatic carbocycles. The van der Waals surface area contributed by atoms with E-state index in [2.05, 4.69) is 63.3 Å². The number of pyridine rings is 2. The summed E-state index contributed by atoms with van der Waals surface area (Å²) in [6.07, 6.45) is 8.24. The topological polar surface area (TPSA) is 90.5 Å². The molecule has 0 bridgehead atoms. The molecular formula is C32H28ClN7S. The van der Waals surface area contributed by atoms with Gasteiger partial charge in [0.2, 0.25) is 0 Å². The molecule has 1 aliphatic heterocycles. The molecule has 9 heteroatoms. The zero-order valence-corrected chi connectivity index (χ0v) is 24.0. The molecule has 1 unspecified atom stereocenters. The number of allylic oxidation sites excluding steroid dienone is 2. The fourth-order valence-electron chi connectivity index (χ4n) is 4.79. The molecule has 0 fully saturated rings. The molecule has 5 heterocycles. The first-order chi connectivity index (χ1) is 19.9. The molecular weight excluding hydrogens is 550 g/mol. The standard InChI is InChI=1S/C32H28ClN7S/c1-19(15-22-7-5-4-6-8-22)36-24-16-23(17-34-18-24)26-9-10-27-32(38-26)31(40-39-27)21(3)37-25-13-14-35-30(20(25)2)28-11-12-29(33)41-28/h4-14,16-18,30,35-37H,1,3,15H2,2H3,(H,39,40). The Labute approximate surface area is 247 Å². The second-order valence-electron chi connectivity index (χ2n) is 9.79. The number of nitrogens with zero attached hydrogens (tertiary/aromatic N) is 3. The normalized spacial score (nSPS) is 14.6. The highest BCUT2D eigenvalue weighted by molar-refractivity contribution is 7.16. The highest BCUT2D eigenvalue weighted by Gasteiger charge is 2.21.